The largest absolute Gasteiger partial charge is 0.481 e. The van der Waals surface area contributed by atoms with Crippen LogP contribution in [0, 0.1) is 5.82 Å². The highest BCUT2D eigenvalue weighted by Gasteiger charge is 2.18. The fraction of sp³-hybridized carbons (Fsp3) is 0.429. The molecule has 1 aromatic carbocycles. The van der Waals surface area contributed by atoms with E-state index < -0.39 is 17.7 Å². The van der Waals surface area contributed by atoms with Gasteiger partial charge in [-0.05, 0) is 38.5 Å². The van der Waals surface area contributed by atoms with Crippen molar-refractivity contribution in [2.24, 2.45) is 5.73 Å². The zero-order valence-electron chi connectivity index (χ0n) is 11.6. The Morgan fingerprint density at radius 3 is 2.55 bits per heavy atom. The van der Waals surface area contributed by atoms with Gasteiger partial charge in [0.05, 0.1) is 5.56 Å². The minimum absolute atomic E-state index is 0.0346. The summed E-state index contributed by atoms with van der Waals surface area (Å²) in [7, 11) is 0. The van der Waals surface area contributed by atoms with E-state index >= 15 is 0 Å². The highest BCUT2D eigenvalue weighted by atomic mass is 19.1. The van der Waals surface area contributed by atoms with E-state index in [1.54, 1.807) is 0 Å². The first-order valence-corrected chi connectivity index (χ1v) is 6.40. The van der Waals surface area contributed by atoms with Crippen molar-refractivity contribution in [1.29, 1.82) is 0 Å². The zero-order valence-corrected chi connectivity index (χ0v) is 11.6. The number of amides is 1. The maximum atomic E-state index is 13.2. The van der Waals surface area contributed by atoms with Crippen LogP contribution in [0.2, 0.25) is 0 Å². The summed E-state index contributed by atoms with van der Waals surface area (Å²) < 4.78 is 13.2. The van der Waals surface area contributed by atoms with Crippen LogP contribution in [-0.4, -0.2) is 29.6 Å². The van der Waals surface area contributed by atoms with Crippen LogP contribution in [0.5, 0.6) is 0 Å². The van der Waals surface area contributed by atoms with Gasteiger partial charge in [0.15, 0.2) is 0 Å². The smallest absolute Gasteiger partial charge is 0.303 e. The van der Waals surface area contributed by atoms with E-state index in [0.717, 1.165) is 6.07 Å². The Hall–Kier alpha value is -2.11. The summed E-state index contributed by atoms with van der Waals surface area (Å²) in [6, 6.07) is 3.89. The molecule has 0 saturated carbocycles. The number of carboxylic acids is 1. The van der Waals surface area contributed by atoms with Crippen molar-refractivity contribution in [1.82, 2.24) is 0 Å². The first-order chi connectivity index (χ1) is 9.32. The first kappa shape index (κ1) is 15.9. The lowest BCUT2D eigenvalue weighted by Crippen LogP contribution is -2.34. The maximum absolute atomic E-state index is 13.2. The number of nitrogens with zero attached hydrogens (tertiary/aromatic N) is 1. The summed E-state index contributed by atoms with van der Waals surface area (Å²) in [5, 5.41) is 8.67. The van der Waals surface area contributed by atoms with Gasteiger partial charge in [-0.1, -0.05) is 0 Å². The SMILES string of the molecule is CC(C)N(CCCC(=O)O)c1ccc(F)cc1C(N)=O. The molecule has 1 amide bonds. The molecule has 0 radical (unpaired) electrons. The molecule has 0 aliphatic carbocycles. The van der Waals surface area contributed by atoms with E-state index in [1.165, 1.54) is 12.1 Å². The summed E-state index contributed by atoms with van der Waals surface area (Å²) >= 11 is 0. The topological polar surface area (TPSA) is 83.6 Å². The van der Waals surface area contributed by atoms with Gasteiger partial charge in [-0.3, -0.25) is 9.59 Å². The van der Waals surface area contributed by atoms with Crippen LogP contribution in [0.25, 0.3) is 0 Å². The standard InChI is InChI=1S/C14H19FN2O3/c1-9(2)17(7-3-4-13(18)19)12-6-5-10(15)8-11(12)14(16)20/h5-6,8-9H,3-4,7H2,1-2H3,(H2,16,20)(H,18,19). The molecule has 5 nitrogen and oxygen atoms in total. The maximum Gasteiger partial charge on any atom is 0.303 e. The minimum Gasteiger partial charge on any atom is -0.481 e. The Bertz CT molecular complexity index is 503. The Labute approximate surface area is 117 Å². The van der Waals surface area contributed by atoms with Crippen LogP contribution in [0.3, 0.4) is 0 Å². The lowest BCUT2D eigenvalue weighted by molar-refractivity contribution is -0.137. The third-order valence-corrected chi connectivity index (χ3v) is 2.95. The number of carboxylic acid groups (broad SMARTS) is 1. The van der Waals surface area contributed by atoms with Gasteiger partial charge in [-0.25, -0.2) is 4.39 Å². The normalized spacial score (nSPS) is 10.6. The van der Waals surface area contributed by atoms with E-state index in [1.807, 2.05) is 18.7 Å². The number of hydrogen-bond donors (Lipinski definition) is 2. The highest BCUT2D eigenvalue weighted by Crippen LogP contribution is 2.24. The van der Waals surface area contributed by atoms with Crippen molar-refractivity contribution < 1.29 is 19.1 Å². The van der Waals surface area contributed by atoms with Crippen molar-refractivity contribution in [2.75, 3.05) is 11.4 Å². The molecule has 0 unspecified atom stereocenters. The van der Waals surface area contributed by atoms with Gasteiger partial charge in [0.25, 0.3) is 5.91 Å². The van der Waals surface area contributed by atoms with Crippen LogP contribution >= 0.6 is 0 Å². The Kier molecular flexibility index (Phi) is 5.49. The number of halogens is 1. The first-order valence-electron chi connectivity index (χ1n) is 6.40. The molecule has 3 N–H and O–H groups in total. The molecular formula is C14H19FN2O3. The van der Waals surface area contributed by atoms with Gasteiger partial charge in [-0.15, -0.1) is 0 Å². The summed E-state index contributed by atoms with van der Waals surface area (Å²) in [5.41, 5.74) is 5.90. The summed E-state index contributed by atoms with van der Waals surface area (Å²) in [6.45, 7) is 4.28. The molecule has 0 aliphatic heterocycles. The molecule has 0 heterocycles. The lowest BCUT2D eigenvalue weighted by atomic mass is 10.1. The minimum atomic E-state index is -0.872. The number of benzene rings is 1. The second-order valence-electron chi connectivity index (χ2n) is 4.81. The number of anilines is 1. The molecule has 0 bridgehead atoms. The highest BCUT2D eigenvalue weighted by molar-refractivity contribution is 5.98. The number of rotatable bonds is 7. The Balaban J connectivity index is 3.02. The van der Waals surface area contributed by atoms with Crippen molar-refractivity contribution in [3.8, 4) is 0 Å². The lowest BCUT2D eigenvalue weighted by Gasteiger charge is -2.30. The predicted molar refractivity (Wildman–Crippen MR) is 74.3 cm³/mol. The molecule has 1 rings (SSSR count). The molecule has 1 aromatic rings. The fourth-order valence-corrected chi connectivity index (χ4v) is 2.01. The van der Waals surface area contributed by atoms with Crippen LogP contribution in [0.15, 0.2) is 18.2 Å². The van der Waals surface area contributed by atoms with E-state index in [0.29, 0.717) is 18.7 Å². The molecule has 6 heteroatoms. The quantitative estimate of drug-likeness (QED) is 0.801. The molecule has 110 valence electrons. The molecule has 0 atom stereocenters. The van der Waals surface area contributed by atoms with Crippen molar-refractivity contribution >= 4 is 17.6 Å². The Morgan fingerprint density at radius 2 is 2.05 bits per heavy atom. The van der Waals surface area contributed by atoms with Crippen molar-refractivity contribution in [2.45, 2.75) is 32.7 Å². The average molecular weight is 282 g/mol. The van der Waals surface area contributed by atoms with Gasteiger partial charge < -0.3 is 15.7 Å². The van der Waals surface area contributed by atoms with E-state index in [-0.39, 0.29) is 18.0 Å². The number of hydrogen-bond acceptors (Lipinski definition) is 3. The van der Waals surface area contributed by atoms with Gasteiger partial charge in [0.1, 0.15) is 5.82 Å². The number of carbonyl (C=O) groups excluding carboxylic acids is 1. The molecule has 0 aliphatic rings. The molecule has 20 heavy (non-hydrogen) atoms. The van der Waals surface area contributed by atoms with Crippen LogP contribution in [0.4, 0.5) is 10.1 Å². The molecule has 0 aromatic heterocycles. The number of primary amides is 1. The van der Waals surface area contributed by atoms with Gasteiger partial charge >= 0.3 is 5.97 Å². The van der Waals surface area contributed by atoms with Gasteiger partial charge in [0.2, 0.25) is 0 Å². The third-order valence-electron chi connectivity index (χ3n) is 2.95. The summed E-state index contributed by atoms with van der Waals surface area (Å²) in [5.74, 6) is -2.11. The third kappa shape index (κ3) is 4.22. The van der Waals surface area contributed by atoms with Crippen molar-refractivity contribution in [3.05, 3.63) is 29.6 Å². The van der Waals surface area contributed by atoms with E-state index in [4.69, 9.17) is 10.8 Å². The fourth-order valence-electron chi connectivity index (χ4n) is 2.01. The summed E-state index contributed by atoms with van der Waals surface area (Å²) in [6.07, 6.45) is 0.472. The van der Waals surface area contributed by atoms with E-state index in [9.17, 15) is 14.0 Å². The van der Waals surface area contributed by atoms with Crippen molar-refractivity contribution in [3.63, 3.8) is 0 Å². The van der Waals surface area contributed by atoms with Crippen LogP contribution in [-0.2, 0) is 4.79 Å². The van der Waals surface area contributed by atoms with Crippen LogP contribution < -0.4 is 10.6 Å². The predicted octanol–water partition coefficient (Wildman–Crippen LogP) is 2.00. The Morgan fingerprint density at radius 1 is 1.40 bits per heavy atom. The molecule has 0 saturated heterocycles. The zero-order chi connectivity index (χ0) is 15.3. The van der Waals surface area contributed by atoms with E-state index in [2.05, 4.69) is 0 Å². The molecule has 0 spiro atoms. The van der Waals surface area contributed by atoms with Gasteiger partial charge in [-0.2, -0.15) is 0 Å². The molecule has 0 fully saturated rings. The van der Waals surface area contributed by atoms with Gasteiger partial charge in [0, 0.05) is 24.7 Å². The van der Waals surface area contributed by atoms with Crippen LogP contribution in [0.1, 0.15) is 37.0 Å². The molecular weight excluding hydrogens is 263 g/mol. The number of carbonyl (C=O) groups is 2. The average Bonchev–Trinajstić information content (AvgIpc) is 2.34. The summed E-state index contributed by atoms with van der Waals surface area (Å²) in [4.78, 5) is 23.8. The second-order valence-corrected chi connectivity index (χ2v) is 4.81. The second kappa shape index (κ2) is 6.88. The number of aliphatic carboxylic acids is 1. The monoisotopic (exact) mass is 282 g/mol. The number of nitrogens with two attached hydrogens (primary N) is 1.